The number of carbonyl (C=O) groups is 1. The maximum Gasteiger partial charge on any atom is 0.228 e. The van der Waals surface area contributed by atoms with Crippen LogP contribution < -0.4 is 10.1 Å². The molecule has 0 aliphatic rings. The Morgan fingerprint density at radius 3 is 2.50 bits per heavy atom. The zero-order valence-electron chi connectivity index (χ0n) is 19.6. The van der Waals surface area contributed by atoms with Crippen LogP contribution in [0.1, 0.15) is 25.0 Å². The number of aryl methyl sites for hydroxylation is 1. The molecule has 8 heteroatoms. The first-order chi connectivity index (χ1) is 16.2. The fourth-order valence-corrected chi connectivity index (χ4v) is 4.77. The van der Waals surface area contributed by atoms with Crippen LogP contribution in [0.15, 0.2) is 71.9 Å². The Balaban J connectivity index is 1.55. The molecular weight excluding hydrogens is 450 g/mol. The number of anilines is 1. The Bertz CT molecular complexity index is 1460. The minimum atomic E-state index is -3.35. The van der Waals surface area contributed by atoms with E-state index in [1.54, 1.807) is 51.3 Å². The Hall–Kier alpha value is -3.65. The SMILES string of the molecule is COc1ccc(-c2cn3cccc(C)c3n2)cc1NC(=O)Cc1ccc(S(=O)(=O)C(C)C)cc1. The van der Waals surface area contributed by atoms with Crippen molar-refractivity contribution in [1.82, 2.24) is 9.38 Å². The number of imidazole rings is 1. The summed E-state index contributed by atoms with van der Waals surface area (Å²) in [5.74, 6) is 0.302. The minimum Gasteiger partial charge on any atom is -0.495 e. The number of nitrogens with zero attached hydrogens (tertiary/aromatic N) is 2. The van der Waals surface area contributed by atoms with E-state index in [0.717, 1.165) is 22.5 Å². The maximum absolute atomic E-state index is 12.8. The summed E-state index contributed by atoms with van der Waals surface area (Å²) in [4.78, 5) is 17.7. The molecule has 4 rings (SSSR count). The van der Waals surface area contributed by atoms with Gasteiger partial charge in [-0.15, -0.1) is 0 Å². The first kappa shape index (κ1) is 23.5. The number of rotatable bonds is 7. The summed E-state index contributed by atoms with van der Waals surface area (Å²) < 4.78 is 32.0. The van der Waals surface area contributed by atoms with E-state index in [1.165, 1.54) is 0 Å². The van der Waals surface area contributed by atoms with E-state index >= 15 is 0 Å². The van der Waals surface area contributed by atoms with Crippen LogP contribution in [0.4, 0.5) is 5.69 Å². The monoisotopic (exact) mass is 477 g/mol. The van der Waals surface area contributed by atoms with Gasteiger partial charge in [-0.3, -0.25) is 4.79 Å². The normalized spacial score (nSPS) is 11.7. The van der Waals surface area contributed by atoms with Crippen molar-refractivity contribution in [3.8, 4) is 17.0 Å². The fraction of sp³-hybridized carbons (Fsp3) is 0.231. The average molecular weight is 478 g/mol. The molecule has 176 valence electrons. The van der Waals surface area contributed by atoms with Gasteiger partial charge in [0.05, 0.1) is 35.1 Å². The third kappa shape index (κ3) is 4.68. The fourth-order valence-electron chi connectivity index (χ4n) is 3.71. The number of pyridine rings is 1. The van der Waals surface area contributed by atoms with Crippen LogP contribution in [-0.4, -0.2) is 36.1 Å². The van der Waals surface area contributed by atoms with E-state index in [4.69, 9.17) is 9.72 Å². The van der Waals surface area contributed by atoms with Gasteiger partial charge in [0.2, 0.25) is 5.91 Å². The molecule has 2 aromatic heterocycles. The number of fused-ring (bicyclic) bond motifs is 1. The Kier molecular flexibility index (Phi) is 6.43. The Morgan fingerprint density at radius 2 is 1.85 bits per heavy atom. The number of amides is 1. The van der Waals surface area contributed by atoms with Crippen molar-refractivity contribution in [2.75, 3.05) is 12.4 Å². The van der Waals surface area contributed by atoms with Crippen molar-refractivity contribution in [3.63, 3.8) is 0 Å². The summed E-state index contributed by atoms with van der Waals surface area (Å²) in [6, 6.07) is 16.0. The first-order valence-corrected chi connectivity index (χ1v) is 12.5. The molecule has 1 N–H and O–H groups in total. The molecule has 2 heterocycles. The molecule has 0 spiro atoms. The zero-order valence-corrected chi connectivity index (χ0v) is 20.4. The zero-order chi connectivity index (χ0) is 24.5. The summed E-state index contributed by atoms with van der Waals surface area (Å²) in [6.07, 6.45) is 3.99. The van der Waals surface area contributed by atoms with Crippen LogP contribution in [0.5, 0.6) is 5.75 Å². The van der Waals surface area contributed by atoms with Gasteiger partial charge < -0.3 is 14.5 Å². The van der Waals surface area contributed by atoms with E-state index in [2.05, 4.69) is 5.32 Å². The molecule has 0 bridgehead atoms. The topological polar surface area (TPSA) is 89.8 Å². The number of nitrogens with one attached hydrogen (secondary N) is 1. The number of hydrogen-bond donors (Lipinski definition) is 1. The molecule has 7 nitrogen and oxygen atoms in total. The lowest BCUT2D eigenvalue weighted by molar-refractivity contribution is -0.115. The second-order valence-electron chi connectivity index (χ2n) is 8.43. The van der Waals surface area contributed by atoms with Gasteiger partial charge in [-0.2, -0.15) is 0 Å². The van der Waals surface area contributed by atoms with Crippen molar-refractivity contribution in [1.29, 1.82) is 0 Å². The number of hydrogen-bond acceptors (Lipinski definition) is 5. The van der Waals surface area contributed by atoms with Gasteiger partial charge >= 0.3 is 0 Å². The molecule has 1 amide bonds. The quantitative estimate of drug-likeness (QED) is 0.417. The van der Waals surface area contributed by atoms with Gasteiger partial charge in [-0.1, -0.05) is 18.2 Å². The van der Waals surface area contributed by atoms with Crippen LogP contribution in [0.25, 0.3) is 16.9 Å². The van der Waals surface area contributed by atoms with E-state index in [0.29, 0.717) is 17.0 Å². The van der Waals surface area contributed by atoms with Gasteiger partial charge in [0.15, 0.2) is 9.84 Å². The largest absolute Gasteiger partial charge is 0.495 e. The lowest BCUT2D eigenvalue weighted by Gasteiger charge is -2.12. The van der Waals surface area contributed by atoms with Gasteiger partial charge in [-0.05, 0) is 68.3 Å². The maximum atomic E-state index is 12.8. The first-order valence-electron chi connectivity index (χ1n) is 10.9. The molecule has 4 aromatic rings. The molecule has 0 aliphatic carbocycles. The van der Waals surface area contributed by atoms with Crippen LogP contribution >= 0.6 is 0 Å². The van der Waals surface area contributed by atoms with E-state index in [1.807, 2.05) is 48.0 Å². The minimum absolute atomic E-state index is 0.100. The van der Waals surface area contributed by atoms with Gasteiger partial charge in [0.1, 0.15) is 11.4 Å². The second-order valence-corrected chi connectivity index (χ2v) is 10.9. The molecule has 0 fully saturated rings. The molecular formula is C26H27N3O4S. The number of aromatic nitrogens is 2. The van der Waals surface area contributed by atoms with Crippen molar-refractivity contribution < 1.29 is 17.9 Å². The van der Waals surface area contributed by atoms with Gasteiger partial charge in [0, 0.05) is 18.0 Å². The van der Waals surface area contributed by atoms with Crippen LogP contribution in [0.3, 0.4) is 0 Å². The molecule has 0 aliphatic heterocycles. The van der Waals surface area contributed by atoms with E-state index in [-0.39, 0.29) is 17.2 Å². The summed E-state index contributed by atoms with van der Waals surface area (Å²) in [5.41, 5.74) is 4.84. The van der Waals surface area contributed by atoms with Gasteiger partial charge in [0.25, 0.3) is 0 Å². The van der Waals surface area contributed by atoms with E-state index in [9.17, 15) is 13.2 Å². The summed E-state index contributed by atoms with van der Waals surface area (Å²) >= 11 is 0. The summed E-state index contributed by atoms with van der Waals surface area (Å²) in [5, 5.41) is 2.41. The Labute approximate surface area is 199 Å². The van der Waals surface area contributed by atoms with Crippen LogP contribution in [0, 0.1) is 6.92 Å². The highest BCUT2D eigenvalue weighted by atomic mass is 32.2. The highest BCUT2D eigenvalue weighted by molar-refractivity contribution is 7.92. The number of methoxy groups -OCH3 is 1. The molecule has 0 saturated heterocycles. The summed E-state index contributed by atoms with van der Waals surface area (Å²) in [7, 11) is -1.80. The average Bonchev–Trinajstić information content (AvgIpc) is 3.25. The highest BCUT2D eigenvalue weighted by Crippen LogP contribution is 2.31. The van der Waals surface area contributed by atoms with Gasteiger partial charge in [-0.25, -0.2) is 13.4 Å². The molecule has 0 atom stereocenters. The predicted octanol–water partition coefficient (Wildman–Crippen LogP) is 4.68. The van der Waals surface area contributed by atoms with Crippen LogP contribution in [0.2, 0.25) is 0 Å². The summed E-state index contributed by atoms with van der Waals surface area (Å²) in [6.45, 7) is 5.30. The van der Waals surface area contributed by atoms with E-state index < -0.39 is 15.1 Å². The Morgan fingerprint density at radius 1 is 1.12 bits per heavy atom. The van der Waals surface area contributed by atoms with Crippen molar-refractivity contribution >= 4 is 27.1 Å². The molecule has 0 unspecified atom stereocenters. The molecule has 0 saturated carbocycles. The molecule has 0 radical (unpaired) electrons. The smallest absolute Gasteiger partial charge is 0.228 e. The molecule has 2 aromatic carbocycles. The number of sulfone groups is 1. The highest BCUT2D eigenvalue weighted by Gasteiger charge is 2.19. The van der Waals surface area contributed by atoms with Crippen molar-refractivity contribution in [3.05, 3.63) is 78.1 Å². The number of benzene rings is 2. The third-order valence-electron chi connectivity index (χ3n) is 5.68. The third-order valence-corrected chi connectivity index (χ3v) is 7.85. The standard InChI is InChI=1S/C26H27N3O4S/c1-17(2)34(31,32)21-10-7-19(8-11-21)14-25(30)27-22-15-20(9-12-24(22)33-4)23-16-29-13-5-6-18(3)26(29)28-23/h5-13,15-17H,14H2,1-4H3,(H,27,30). The lowest BCUT2D eigenvalue weighted by Crippen LogP contribution is -2.16. The van der Waals surface area contributed by atoms with Crippen LogP contribution in [-0.2, 0) is 21.1 Å². The number of ether oxygens (including phenoxy) is 1. The lowest BCUT2D eigenvalue weighted by atomic mass is 10.1. The number of carbonyl (C=O) groups excluding carboxylic acids is 1. The van der Waals surface area contributed by atoms with Crippen molar-refractivity contribution in [2.24, 2.45) is 0 Å². The second kappa shape index (κ2) is 9.30. The van der Waals surface area contributed by atoms with Crippen molar-refractivity contribution in [2.45, 2.75) is 37.3 Å². The molecule has 34 heavy (non-hydrogen) atoms. The predicted molar refractivity (Wildman–Crippen MR) is 133 cm³/mol.